The molecule has 0 saturated carbocycles. The van der Waals surface area contributed by atoms with E-state index in [2.05, 4.69) is 39.9 Å². The molecule has 2 nitrogen and oxygen atoms in total. The highest BCUT2D eigenvalue weighted by Crippen LogP contribution is 2.23. The minimum atomic E-state index is -0.208. The SMILES string of the molecule is CC(CCC(C)C(=O)C(C)(C)C)NC(C)(C)C. The van der Waals surface area contributed by atoms with Gasteiger partial charge in [0.1, 0.15) is 5.78 Å². The van der Waals surface area contributed by atoms with Gasteiger partial charge in [-0.15, -0.1) is 0 Å². The molecule has 0 rings (SSSR count). The highest BCUT2D eigenvalue weighted by molar-refractivity contribution is 5.85. The maximum Gasteiger partial charge on any atom is 0.140 e. The Labute approximate surface area is 108 Å². The second-order valence-corrected chi connectivity index (χ2v) is 7.39. The second-order valence-electron chi connectivity index (χ2n) is 7.39. The minimum absolute atomic E-state index is 0.149. The van der Waals surface area contributed by atoms with E-state index >= 15 is 0 Å². The Balaban J connectivity index is 4.09. The van der Waals surface area contributed by atoms with Crippen LogP contribution in [-0.4, -0.2) is 17.4 Å². The smallest absolute Gasteiger partial charge is 0.140 e. The third-order valence-corrected chi connectivity index (χ3v) is 2.90. The Bertz CT molecular complexity index is 245. The Morgan fingerprint density at radius 3 is 1.82 bits per heavy atom. The van der Waals surface area contributed by atoms with Crippen LogP contribution in [0.2, 0.25) is 0 Å². The average molecular weight is 241 g/mol. The molecule has 2 atom stereocenters. The third-order valence-electron chi connectivity index (χ3n) is 2.90. The maximum atomic E-state index is 12.0. The molecule has 0 radical (unpaired) electrons. The van der Waals surface area contributed by atoms with Crippen molar-refractivity contribution in [1.82, 2.24) is 5.32 Å². The molecule has 0 aromatic rings. The van der Waals surface area contributed by atoms with Crippen LogP contribution in [0.3, 0.4) is 0 Å². The van der Waals surface area contributed by atoms with E-state index in [1.54, 1.807) is 0 Å². The molecule has 0 bridgehead atoms. The fourth-order valence-electron chi connectivity index (χ4n) is 2.18. The molecule has 0 aromatic carbocycles. The van der Waals surface area contributed by atoms with E-state index in [-0.39, 0.29) is 16.9 Å². The largest absolute Gasteiger partial charge is 0.310 e. The number of rotatable bonds is 5. The lowest BCUT2D eigenvalue weighted by molar-refractivity contribution is -0.130. The molecule has 1 N–H and O–H groups in total. The zero-order chi connectivity index (χ0) is 13.9. The van der Waals surface area contributed by atoms with Crippen molar-refractivity contribution in [1.29, 1.82) is 0 Å². The van der Waals surface area contributed by atoms with Gasteiger partial charge < -0.3 is 5.32 Å². The van der Waals surface area contributed by atoms with Gasteiger partial charge in [0.25, 0.3) is 0 Å². The molecule has 102 valence electrons. The fraction of sp³-hybridized carbons (Fsp3) is 0.933. The number of Topliss-reactive ketones (excluding diaryl/α,β-unsaturated/α-hetero) is 1. The quantitative estimate of drug-likeness (QED) is 0.793. The van der Waals surface area contributed by atoms with Gasteiger partial charge in [-0.1, -0.05) is 27.7 Å². The minimum Gasteiger partial charge on any atom is -0.310 e. The molecule has 0 fully saturated rings. The van der Waals surface area contributed by atoms with E-state index < -0.39 is 0 Å². The van der Waals surface area contributed by atoms with Crippen molar-refractivity contribution < 1.29 is 4.79 Å². The predicted octanol–water partition coefficient (Wildman–Crippen LogP) is 3.79. The van der Waals surface area contributed by atoms with Crippen LogP contribution in [0.1, 0.15) is 68.2 Å². The third kappa shape index (κ3) is 7.54. The summed E-state index contributed by atoms with van der Waals surface area (Å²) in [6.07, 6.45) is 2.03. The lowest BCUT2D eigenvalue weighted by Gasteiger charge is -2.27. The maximum absolute atomic E-state index is 12.0. The van der Waals surface area contributed by atoms with E-state index in [1.807, 2.05) is 20.8 Å². The van der Waals surface area contributed by atoms with Crippen LogP contribution in [0.5, 0.6) is 0 Å². The van der Waals surface area contributed by atoms with Gasteiger partial charge in [0.05, 0.1) is 0 Å². The van der Waals surface area contributed by atoms with E-state index in [4.69, 9.17) is 0 Å². The number of carbonyl (C=O) groups excluding carboxylic acids is 1. The molecule has 0 spiro atoms. The summed E-state index contributed by atoms with van der Waals surface area (Å²) in [5.74, 6) is 0.541. The monoisotopic (exact) mass is 241 g/mol. The van der Waals surface area contributed by atoms with E-state index in [0.717, 1.165) is 12.8 Å². The first kappa shape index (κ1) is 16.6. The van der Waals surface area contributed by atoms with Crippen LogP contribution in [0.15, 0.2) is 0 Å². The molecule has 0 aliphatic carbocycles. The Kier molecular flexibility index (Phi) is 5.86. The van der Waals surface area contributed by atoms with E-state index in [9.17, 15) is 4.79 Å². The summed E-state index contributed by atoms with van der Waals surface area (Å²) in [6, 6.07) is 0.463. The van der Waals surface area contributed by atoms with Crippen LogP contribution in [0, 0.1) is 11.3 Å². The Hall–Kier alpha value is -0.370. The molecule has 2 heteroatoms. The van der Waals surface area contributed by atoms with Gasteiger partial charge in [-0.25, -0.2) is 0 Å². The fourth-order valence-corrected chi connectivity index (χ4v) is 2.18. The van der Waals surface area contributed by atoms with E-state index in [0.29, 0.717) is 11.8 Å². The molecular weight excluding hydrogens is 210 g/mol. The van der Waals surface area contributed by atoms with Crippen LogP contribution >= 0.6 is 0 Å². The van der Waals surface area contributed by atoms with Crippen LogP contribution in [-0.2, 0) is 4.79 Å². The van der Waals surface area contributed by atoms with Crippen molar-refractivity contribution >= 4 is 5.78 Å². The van der Waals surface area contributed by atoms with Crippen molar-refractivity contribution in [3.05, 3.63) is 0 Å². The molecule has 0 saturated heterocycles. The van der Waals surface area contributed by atoms with Gasteiger partial charge in [-0.3, -0.25) is 4.79 Å². The molecule has 17 heavy (non-hydrogen) atoms. The number of ketones is 1. The lowest BCUT2D eigenvalue weighted by Crippen LogP contribution is -2.42. The molecule has 0 aromatic heterocycles. The molecule has 0 aliphatic heterocycles. The van der Waals surface area contributed by atoms with Crippen molar-refractivity contribution in [3.8, 4) is 0 Å². The number of carbonyl (C=O) groups is 1. The Morgan fingerprint density at radius 2 is 1.47 bits per heavy atom. The predicted molar refractivity (Wildman–Crippen MR) is 75.2 cm³/mol. The molecule has 0 aliphatic rings. The lowest BCUT2D eigenvalue weighted by atomic mass is 9.81. The van der Waals surface area contributed by atoms with Gasteiger partial charge in [-0.05, 0) is 40.5 Å². The van der Waals surface area contributed by atoms with Gasteiger partial charge in [0.15, 0.2) is 0 Å². The summed E-state index contributed by atoms with van der Waals surface area (Å²) >= 11 is 0. The standard InChI is InChI=1S/C15H31NO/c1-11(13(17)14(3,4)5)9-10-12(2)16-15(6,7)8/h11-12,16H,9-10H2,1-8H3. The first-order valence-electron chi connectivity index (χ1n) is 6.75. The highest BCUT2D eigenvalue weighted by atomic mass is 16.1. The first-order valence-corrected chi connectivity index (χ1v) is 6.75. The molecule has 0 amide bonds. The Morgan fingerprint density at radius 1 is 1.00 bits per heavy atom. The summed E-state index contributed by atoms with van der Waals surface area (Å²) in [5.41, 5.74) is -0.0587. The van der Waals surface area contributed by atoms with Crippen molar-refractivity contribution in [2.45, 2.75) is 79.8 Å². The van der Waals surface area contributed by atoms with Crippen molar-refractivity contribution in [3.63, 3.8) is 0 Å². The second kappa shape index (κ2) is 5.99. The summed E-state index contributed by atoms with van der Waals surface area (Å²) in [6.45, 7) is 16.8. The molecule has 2 unspecified atom stereocenters. The summed E-state index contributed by atoms with van der Waals surface area (Å²) < 4.78 is 0. The van der Waals surface area contributed by atoms with Crippen LogP contribution in [0.25, 0.3) is 0 Å². The first-order chi connectivity index (χ1) is 7.43. The number of hydrogen-bond donors (Lipinski definition) is 1. The van der Waals surface area contributed by atoms with Gasteiger partial charge in [0.2, 0.25) is 0 Å². The number of hydrogen-bond acceptors (Lipinski definition) is 2. The van der Waals surface area contributed by atoms with Gasteiger partial charge in [-0.2, -0.15) is 0 Å². The van der Waals surface area contributed by atoms with Crippen molar-refractivity contribution in [2.24, 2.45) is 11.3 Å². The molecular formula is C15H31NO. The summed E-state index contributed by atoms with van der Waals surface area (Å²) in [4.78, 5) is 12.0. The number of nitrogens with one attached hydrogen (secondary N) is 1. The topological polar surface area (TPSA) is 29.1 Å². The van der Waals surface area contributed by atoms with Crippen LogP contribution in [0.4, 0.5) is 0 Å². The van der Waals surface area contributed by atoms with Gasteiger partial charge in [0, 0.05) is 22.9 Å². The van der Waals surface area contributed by atoms with E-state index in [1.165, 1.54) is 0 Å². The van der Waals surface area contributed by atoms with Crippen LogP contribution < -0.4 is 5.32 Å². The average Bonchev–Trinajstić information content (AvgIpc) is 2.08. The molecule has 0 heterocycles. The van der Waals surface area contributed by atoms with Gasteiger partial charge >= 0.3 is 0 Å². The zero-order valence-electron chi connectivity index (χ0n) is 13.0. The summed E-state index contributed by atoms with van der Waals surface area (Å²) in [7, 11) is 0. The normalized spacial score (nSPS) is 16.7. The zero-order valence-corrected chi connectivity index (χ0v) is 13.0. The highest BCUT2D eigenvalue weighted by Gasteiger charge is 2.26. The van der Waals surface area contributed by atoms with Crippen molar-refractivity contribution in [2.75, 3.05) is 0 Å². The summed E-state index contributed by atoms with van der Waals surface area (Å²) in [5, 5.41) is 3.54.